The molecular weight excluding hydrogens is 370 g/mol. The van der Waals surface area contributed by atoms with Crippen LogP contribution >= 0.6 is 0 Å². The molecule has 2 aromatic carbocycles. The molecule has 0 aromatic heterocycles. The topological polar surface area (TPSA) is 79.0 Å². The predicted molar refractivity (Wildman–Crippen MR) is 110 cm³/mol. The van der Waals surface area contributed by atoms with Crippen LogP contribution < -0.4 is 15.1 Å². The average molecular weight is 391 g/mol. The van der Waals surface area contributed by atoms with Crippen molar-refractivity contribution >= 4 is 35.3 Å². The van der Waals surface area contributed by atoms with Crippen molar-refractivity contribution in [1.29, 1.82) is 0 Å². The van der Waals surface area contributed by atoms with Gasteiger partial charge in [0.2, 0.25) is 0 Å². The number of benzene rings is 2. The summed E-state index contributed by atoms with van der Waals surface area (Å²) in [5.41, 5.74) is 3.02. The van der Waals surface area contributed by atoms with Gasteiger partial charge in [0, 0.05) is 18.8 Å². The summed E-state index contributed by atoms with van der Waals surface area (Å²) in [6, 6.07) is 13.9. The normalized spacial score (nSPS) is 18.9. The second-order valence-corrected chi connectivity index (χ2v) is 6.99. The minimum atomic E-state index is -0.745. The smallest absolute Gasteiger partial charge is 0.335 e. The van der Waals surface area contributed by atoms with Crippen LogP contribution in [0.1, 0.15) is 11.1 Å². The fourth-order valence-electron chi connectivity index (χ4n) is 3.43. The van der Waals surface area contributed by atoms with Crippen molar-refractivity contribution in [3.05, 3.63) is 65.2 Å². The van der Waals surface area contributed by atoms with Crippen molar-refractivity contribution in [3.8, 4) is 0 Å². The zero-order chi connectivity index (χ0) is 20.4. The molecule has 2 saturated heterocycles. The van der Waals surface area contributed by atoms with Crippen LogP contribution in [0.5, 0.6) is 0 Å². The van der Waals surface area contributed by atoms with Gasteiger partial charge >= 0.3 is 6.03 Å². The fourth-order valence-corrected chi connectivity index (χ4v) is 3.43. The maximum absolute atomic E-state index is 12.9. The Kier molecular flexibility index (Phi) is 5.14. The van der Waals surface area contributed by atoms with Gasteiger partial charge in [-0.15, -0.1) is 0 Å². The summed E-state index contributed by atoms with van der Waals surface area (Å²) in [6.45, 7) is 4.92. The maximum Gasteiger partial charge on any atom is 0.335 e. The van der Waals surface area contributed by atoms with E-state index in [0.29, 0.717) is 24.5 Å². The van der Waals surface area contributed by atoms with E-state index in [4.69, 9.17) is 4.74 Å². The number of anilines is 2. The van der Waals surface area contributed by atoms with E-state index in [2.05, 4.69) is 10.2 Å². The van der Waals surface area contributed by atoms with Gasteiger partial charge in [-0.3, -0.25) is 14.9 Å². The molecule has 1 N–H and O–H groups in total. The predicted octanol–water partition coefficient (Wildman–Crippen LogP) is 2.50. The first kappa shape index (κ1) is 18.9. The number of barbiturate groups is 1. The third-order valence-corrected chi connectivity index (χ3v) is 4.94. The van der Waals surface area contributed by atoms with E-state index >= 15 is 0 Å². The molecule has 0 bridgehead atoms. The maximum atomic E-state index is 12.9. The molecular formula is C22H21N3O4. The minimum absolute atomic E-state index is 0.0785. The molecule has 0 radical (unpaired) electrons. The van der Waals surface area contributed by atoms with Gasteiger partial charge in [-0.05, 0) is 48.4 Å². The van der Waals surface area contributed by atoms with Crippen molar-refractivity contribution in [3.63, 3.8) is 0 Å². The number of ether oxygens (including phenoxy) is 1. The third kappa shape index (κ3) is 3.90. The second-order valence-electron chi connectivity index (χ2n) is 6.99. The lowest BCUT2D eigenvalue weighted by Gasteiger charge is -2.29. The van der Waals surface area contributed by atoms with E-state index in [9.17, 15) is 14.4 Å². The average Bonchev–Trinajstić information content (AvgIpc) is 2.72. The first-order valence-corrected chi connectivity index (χ1v) is 9.44. The summed E-state index contributed by atoms with van der Waals surface area (Å²) in [7, 11) is 0. The lowest BCUT2D eigenvalue weighted by atomic mass is 10.1. The Hall–Kier alpha value is -3.45. The zero-order valence-electron chi connectivity index (χ0n) is 16.1. The summed E-state index contributed by atoms with van der Waals surface area (Å²) in [6.07, 6.45) is 1.51. The number of aryl methyl sites for hydroxylation is 1. The number of nitrogens with zero attached hydrogens (tertiary/aromatic N) is 2. The molecule has 0 saturated carbocycles. The SMILES string of the molecule is Cc1cccc(N2C(=O)NC(=O)/C(=C\c3ccc(N4CCOCC4)cc3)C2=O)c1. The largest absolute Gasteiger partial charge is 0.378 e. The molecule has 4 amide bonds. The Morgan fingerprint density at radius 1 is 0.966 bits per heavy atom. The third-order valence-electron chi connectivity index (χ3n) is 4.94. The molecule has 2 aliphatic heterocycles. The molecule has 148 valence electrons. The molecule has 2 fully saturated rings. The van der Waals surface area contributed by atoms with Gasteiger partial charge in [-0.25, -0.2) is 9.69 Å². The highest BCUT2D eigenvalue weighted by Crippen LogP contribution is 2.23. The molecule has 29 heavy (non-hydrogen) atoms. The van der Waals surface area contributed by atoms with E-state index in [1.54, 1.807) is 18.2 Å². The van der Waals surface area contributed by atoms with Gasteiger partial charge in [-0.2, -0.15) is 0 Å². The van der Waals surface area contributed by atoms with Crippen molar-refractivity contribution in [2.45, 2.75) is 6.92 Å². The van der Waals surface area contributed by atoms with Crippen molar-refractivity contribution < 1.29 is 19.1 Å². The standard InChI is InChI=1S/C22H21N3O4/c1-15-3-2-4-18(13-15)25-21(27)19(20(26)23-22(25)28)14-16-5-7-17(8-6-16)24-9-11-29-12-10-24/h2-8,13-14H,9-12H2,1H3,(H,23,26,28)/b19-14+. The van der Waals surface area contributed by atoms with Crippen LogP contribution in [0.25, 0.3) is 6.08 Å². The van der Waals surface area contributed by atoms with Crippen LogP contribution in [0, 0.1) is 6.92 Å². The van der Waals surface area contributed by atoms with Gasteiger partial charge < -0.3 is 9.64 Å². The highest BCUT2D eigenvalue weighted by molar-refractivity contribution is 6.39. The number of rotatable bonds is 3. The number of carbonyl (C=O) groups excluding carboxylic acids is 3. The summed E-state index contributed by atoms with van der Waals surface area (Å²) in [4.78, 5) is 40.7. The molecule has 2 aromatic rings. The molecule has 0 atom stereocenters. The highest BCUT2D eigenvalue weighted by atomic mass is 16.5. The Morgan fingerprint density at radius 2 is 1.69 bits per heavy atom. The van der Waals surface area contributed by atoms with Crippen LogP contribution in [0.3, 0.4) is 0 Å². The minimum Gasteiger partial charge on any atom is -0.378 e. The van der Waals surface area contributed by atoms with Gasteiger partial charge in [0.15, 0.2) is 0 Å². The van der Waals surface area contributed by atoms with Crippen molar-refractivity contribution in [1.82, 2.24) is 5.32 Å². The molecule has 0 aliphatic carbocycles. The number of hydrogen-bond donors (Lipinski definition) is 1. The zero-order valence-corrected chi connectivity index (χ0v) is 16.1. The summed E-state index contributed by atoms with van der Waals surface area (Å²) >= 11 is 0. The number of nitrogens with one attached hydrogen (secondary N) is 1. The molecule has 2 heterocycles. The number of urea groups is 1. The van der Waals surface area contributed by atoms with Crippen LogP contribution in [-0.2, 0) is 14.3 Å². The van der Waals surface area contributed by atoms with E-state index < -0.39 is 17.8 Å². The fraction of sp³-hybridized carbons (Fsp3) is 0.227. The number of hydrogen-bond acceptors (Lipinski definition) is 5. The Morgan fingerprint density at radius 3 is 2.38 bits per heavy atom. The van der Waals surface area contributed by atoms with E-state index in [0.717, 1.165) is 29.2 Å². The monoisotopic (exact) mass is 391 g/mol. The number of amides is 4. The van der Waals surface area contributed by atoms with E-state index in [1.165, 1.54) is 6.08 Å². The first-order valence-electron chi connectivity index (χ1n) is 9.44. The van der Waals surface area contributed by atoms with Crippen LogP contribution in [0.15, 0.2) is 54.1 Å². The van der Waals surface area contributed by atoms with Gasteiger partial charge in [0.1, 0.15) is 5.57 Å². The molecule has 0 unspecified atom stereocenters. The van der Waals surface area contributed by atoms with E-state index in [1.807, 2.05) is 37.3 Å². The molecule has 4 rings (SSSR count). The number of carbonyl (C=O) groups is 3. The van der Waals surface area contributed by atoms with Crippen LogP contribution in [0.2, 0.25) is 0 Å². The Labute approximate surface area is 168 Å². The molecule has 7 heteroatoms. The molecule has 0 spiro atoms. The summed E-state index contributed by atoms with van der Waals surface area (Å²) in [5, 5.41) is 2.25. The first-order chi connectivity index (χ1) is 14.0. The molecule has 7 nitrogen and oxygen atoms in total. The highest BCUT2D eigenvalue weighted by Gasteiger charge is 2.36. The Balaban J connectivity index is 1.60. The van der Waals surface area contributed by atoms with Gasteiger partial charge in [0.25, 0.3) is 11.8 Å². The second kappa shape index (κ2) is 7.89. The lowest BCUT2D eigenvalue weighted by molar-refractivity contribution is -0.122. The lowest BCUT2D eigenvalue weighted by Crippen LogP contribution is -2.54. The molecule has 2 aliphatic rings. The Bertz CT molecular complexity index is 991. The summed E-state index contributed by atoms with van der Waals surface area (Å²) in [5.74, 6) is -1.33. The van der Waals surface area contributed by atoms with Gasteiger partial charge in [-0.1, -0.05) is 24.3 Å². The van der Waals surface area contributed by atoms with Crippen molar-refractivity contribution in [2.75, 3.05) is 36.1 Å². The van der Waals surface area contributed by atoms with Crippen molar-refractivity contribution in [2.24, 2.45) is 0 Å². The number of morpholine rings is 1. The van der Waals surface area contributed by atoms with Crippen LogP contribution in [0.4, 0.5) is 16.2 Å². The summed E-state index contributed by atoms with van der Waals surface area (Å²) < 4.78 is 5.37. The van der Waals surface area contributed by atoms with Crippen LogP contribution in [-0.4, -0.2) is 44.1 Å². The van der Waals surface area contributed by atoms with Gasteiger partial charge in [0.05, 0.1) is 18.9 Å². The number of imide groups is 2. The quantitative estimate of drug-likeness (QED) is 0.642. The van der Waals surface area contributed by atoms with E-state index in [-0.39, 0.29) is 5.57 Å².